The Balaban J connectivity index is 1.72. The van der Waals surface area contributed by atoms with E-state index in [1.165, 1.54) is 24.8 Å². The van der Waals surface area contributed by atoms with Gasteiger partial charge in [-0.2, -0.15) is 0 Å². The summed E-state index contributed by atoms with van der Waals surface area (Å²) in [5.41, 5.74) is 3.65. The molecule has 1 aromatic heterocycles. The molecule has 0 spiro atoms. The smallest absolute Gasteiger partial charge is 0.203 e. The van der Waals surface area contributed by atoms with Crippen molar-refractivity contribution in [3.63, 3.8) is 0 Å². The fourth-order valence-corrected chi connectivity index (χ4v) is 3.49. The van der Waals surface area contributed by atoms with Gasteiger partial charge < -0.3 is 19.0 Å². The summed E-state index contributed by atoms with van der Waals surface area (Å²) < 4.78 is 9.66. The highest BCUT2D eigenvalue weighted by Gasteiger charge is 2.14. The van der Waals surface area contributed by atoms with Crippen molar-refractivity contribution in [1.29, 1.82) is 5.41 Å². The molecule has 5 heteroatoms. The molecular formula is C23H31N3O2. The first-order chi connectivity index (χ1) is 13.6. The molecule has 3 rings (SSSR count). The van der Waals surface area contributed by atoms with E-state index >= 15 is 0 Å². The monoisotopic (exact) mass is 381 g/mol. The van der Waals surface area contributed by atoms with Crippen molar-refractivity contribution in [2.24, 2.45) is 0 Å². The van der Waals surface area contributed by atoms with E-state index in [2.05, 4.69) is 17.6 Å². The normalized spacial score (nSPS) is 12.4. The molecule has 3 aromatic rings. The quantitative estimate of drug-likeness (QED) is 0.516. The minimum Gasteiger partial charge on any atom is -0.491 e. The number of rotatable bonds is 10. The molecule has 0 aliphatic carbocycles. The molecule has 0 aliphatic rings. The Morgan fingerprint density at radius 3 is 2.32 bits per heavy atom. The van der Waals surface area contributed by atoms with Gasteiger partial charge in [0.25, 0.3) is 0 Å². The zero-order valence-corrected chi connectivity index (χ0v) is 16.9. The van der Waals surface area contributed by atoms with Crippen molar-refractivity contribution >= 4 is 11.0 Å². The zero-order chi connectivity index (χ0) is 19.9. The summed E-state index contributed by atoms with van der Waals surface area (Å²) >= 11 is 0. The second-order valence-corrected chi connectivity index (χ2v) is 7.41. The van der Waals surface area contributed by atoms with Crippen LogP contribution in [0.4, 0.5) is 0 Å². The number of nitrogens with one attached hydrogen (secondary N) is 1. The molecule has 1 heterocycles. The summed E-state index contributed by atoms with van der Waals surface area (Å²) in [6, 6.07) is 15.9. The van der Waals surface area contributed by atoms with Crippen molar-refractivity contribution in [2.45, 2.75) is 58.7 Å². The van der Waals surface area contributed by atoms with Gasteiger partial charge in [-0.1, -0.05) is 56.0 Å². The molecule has 0 saturated heterocycles. The third kappa shape index (κ3) is 4.84. The lowest BCUT2D eigenvalue weighted by molar-refractivity contribution is 0.0921. The predicted molar refractivity (Wildman–Crippen MR) is 113 cm³/mol. The van der Waals surface area contributed by atoms with E-state index in [9.17, 15) is 5.11 Å². The Kier molecular flexibility index (Phi) is 6.93. The van der Waals surface area contributed by atoms with E-state index in [0.717, 1.165) is 29.7 Å². The molecule has 0 saturated carbocycles. The van der Waals surface area contributed by atoms with Gasteiger partial charge in [-0.05, 0) is 37.6 Å². The summed E-state index contributed by atoms with van der Waals surface area (Å²) in [5, 5.41) is 19.2. The Bertz CT molecular complexity index is 941. The summed E-state index contributed by atoms with van der Waals surface area (Å²) in [7, 11) is 0. The summed E-state index contributed by atoms with van der Waals surface area (Å²) in [4.78, 5) is 0. The van der Waals surface area contributed by atoms with Crippen LogP contribution >= 0.6 is 0 Å². The van der Waals surface area contributed by atoms with Gasteiger partial charge in [-0.15, -0.1) is 0 Å². The Morgan fingerprint density at radius 2 is 1.64 bits per heavy atom. The van der Waals surface area contributed by atoms with Gasteiger partial charge in [0.2, 0.25) is 5.62 Å². The number of aromatic nitrogens is 2. The lowest BCUT2D eigenvalue weighted by atomic mass is 10.2. The molecule has 2 aromatic carbocycles. The van der Waals surface area contributed by atoms with Gasteiger partial charge in [0.1, 0.15) is 18.5 Å². The third-order valence-electron chi connectivity index (χ3n) is 5.07. The molecule has 0 fully saturated rings. The Labute approximate surface area is 166 Å². The maximum atomic E-state index is 10.5. The molecule has 28 heavy (non-hydrogen) atoms. The topological polar surface area (TPSA) is 63.2 Å². The first-order valence-electron chi connectivity index (χ1n) is 10.2. The van der Waals surface area contributed by atoms with Crippen molar-refractivity contribution in [2.75, 3.05) is 6.61 Å². The van der Waals surface area contributed by atoms with Crippen molar-refractivity contribution in [1.82, 2.24) is 9.13 Å². The van der Waals surface area contributed by atoms with Crippen LogP contribution in [0.1, 0.15) is 38.2 Å². The van der Waals surface area contributed by atoms with Gasteiger partial charge in [0.15, 0.2) is 0 Å². The highest BCUT2D eigenvalue weighted by atomic mass is 16.5. The lowest BCUT2D eigenvalue weighted by Crippen LogP contribution is -2.31. The SMILES string of the molecule is CCCCCCn1c(=N)n(C[C@@H](O)COc2ccc(C)cc2)c2ccccc21. The van der Waals surface area contributed by atoms with E-state index in [4.69, 9.17) is 10.1 Å². The number of fused-ring (bicyclic) bond motifs is 1. The molecule has 1 atom stereocenters. The molecule has 0 amide bonds. The number of hydrogen-bond donors (Lipinski definition) is 2. The van der Waals surface area contributed by atoms with E-state index in [-0.39, 0.29) is 6.61 Å². The number of unbranched alkanes of at least 4 members (excludes halogenated alkanes) is 3. The summed E-state index contributed by atoms with van der Waals surface area (Å²) in [5.74, 6) is 0.749. The van der Waals surface area contributed by atoms with Gasteiger partial charge in [-0.3, -0.25) is 5.41 Å². The maximum absolute atomic E-state index is 10.5. The minimum atomic E-state index is -0.685. The van der Waals surface area contributed by atoms with Gasteiger partial charge in [-0.25, -0.2) is 0 Å². The van der Waals surface area contributed by atoms with Crippen molar-refractivity contribution in [3.8, 4) is 5.75 Å². The molecule has 0 unspecified atom stereocenters. The number of nitrogens with zero attached hydrogens (tertiary/aromatic N) is 2. The average Bonchev–Trinajstić information content (AvgIpc) is 2.96. The minimum absolute atomic E-state index is 0.200. The third-order valence-corrected chi connectivity index (χ3v) is 5.07. The average molecular weight is 382 g/mol. The Hall–Kier alpha value is -2.53. The van der Waals surface area contributed by atoms with Crippen LogP contribution in [0.5, 0.6) is 5.75 Å². The number of aryl methyl sites for hydroxylation is 2. The van der Waals surface area contributed by atoms with E-state index < -0.39 is 6.10 Å². The second-order valence-electron chi connectivity index (χ2n) is 7.41. The number of hydrogen-bond acceptors (Lipinski definition) is 3. The predicted octanol–water partition coefficient (Wildman–Crippen LogP) is 4.25. The lowest BCUT2D eigenvalue weighted by Gasteiger charge is -2.14. The number of aliphatic hydroxyl groups excluding tert-OH is 1. The molecule has 5 nitrogen and oxygen atoms in total. The number of ether oxygens (including phenoxy) is 1. The van der Waals surface area contributed by atoms with Gasteiger partial charge in [0.05, 0.1) is 17.6 Å². The van der Waals surface area contributed by atoms with Crippen LogP contribution in [0.15, 0.2) is 48.5 Å². The standard InChI is InChI=1S/C23H31N3O2/c1-3-4-5-8-15-25-21-9-6-7-10-22(21)26(23(25)24)16-19(27)17-28-20-13-11-18(2)12-14-20/h6-7,9-14,19,24,27H,3-5,8,15-17H2,1-2H3/t19-/m1/s1. The molecular weight excluding hydrogens is 350 g/mol. The van der Waals surface area contributed by atoms with E-state index in [0.29, 0.717) is 12.2 Å². The van der Waals surface area contributed by atoms with Crippen LogP contribution < -0.4 is 10.4 Å². The molecule has 150 valence electrons. The van der Waals surface area contributed by atoms with Crippen LogP contribution in [-0.2, 0) is 13.1 Å². The summed E-state index contributed by atoms with van der Waals surface area (Å²) in [6.07, 6.45) is 3.98. The van der Waals surface area contributed by atoms with Crippen LogP contribution in [0.3, 0.4) is 0 Å². The molecule has 0 radical (unpaired) electrons. The van der Waals surface area contributed by atoms with Crippen molar-refractivity contribution in [3.05, 3.63) is 59.7 Å². The zero-order valence-electron chi connectivity index (χ0n) is 16.9. The van der Waals surface area contributed by atoms with E-state index in [1.807, 2.05) is 54.0 Å². The number of benzene rings is 2. The van der Waals surface area contributed by atoms with Crippen LogP contribution in [0.2, 0.25) is 0 Å². The number of imidazole rings is 1. The fraction of sp³-hybridized carbons (Fsp3) is 0.435. The molecule has 0 aliphatic heterocycles. The highest BCUT2D eigenvalue weighted by molar-refractivity contribution is 5.75. The van der Waals surface area contributed by atoms with Crippen molar-refractivity contribution < 1.29 is 9.84 Å². The largest absolute Gasteiger partial charge is 0.491 e. The Morgan fingerprint density at radius 1 is 0.964 bits per heavy atom. The second kappa shape index (κ2) is 9.60. The summed E-state index contributed by atoms with van der Waals surface area (Å²) in [6.45, 7) is 5.61. The first-order valence-corrected chi connectivity index (χ1v) is 10.2. The molecule has 0 bridgehead atoms. The van der Waals surface area contributed by atoms with Gasteiger partial charge in [0, 0.05) is 6.54 Å². The van der Waals surface area contributed by atoms with E-state index in [1.54, 1.807) is 0 Å². The fourth-order valence-electron chi connectivity index (χ4n) is 3.49. The van der Waals surface area contributed by atoms with Crippen LogP contribution in [0, 0.1) is 12.3 Å². The highest BCUT2D eigenvalue weighted by Crippen LogP contribution is 2.15. The maximum Gasteiger partial charge on any atom is 0.203 e. The number of aliphatic hydroxyl groups is 1. The first kappa shape index (κ1) is 20.2. The number of para-hydroxylation sites is 2. The molecule has 2 N–H and O–H groups in total. The van der Waals surface area contributed by atoms with Gasteiger partial charge >= 0.3 is 0 Å². The van der Waals surface area contributed by atoms with Crippen LogP contribution in [0.25, 0.3) is 11.0 Å². The van der Waals surface area contributed by atoms with Crippen LogP contribution in [-0.4, -0.2) is 27.0 Å².